The number of ether oxygens (including phenoxy) is 1. The predicted molar refractivity (Wildman–Crippen MR) is 107 cm³/mol. The number of methoxy groups -OCH3 is 1. The summed E-state index contributed by atoms with van der Waals surface area (Å²) < 4.78 is 5.32. The van der Waals surface area contributed by atoms with E-state index in [2.05, 4.69) is 4.98 Å². The van der Waals surface area contributed by atoms with Gasteiger partial charge < -0.3 is 4.74 Å². The molecule has 0 aliphatic rings. The highest BCUT2D eigenvalue weighted by atomic mass is 16.5. The van der Waals surface area contributed by atoms with Crippen molar-refractivity contribution in [1.29, 1.82) is 0 Å². The molecule has 138 valence electrons. The van der Waals surface area contributed by atoms with Gasteiger partial charge in [-0.25, -0.2) is 4.98 Å². The summed E-state index contributed by atoms with van der Waals surface area (Å²) in [5, 5.41) is 0. The quantitative estimate of drug-likeness (QED) is 0.620. The van der Waals surface area contributed by atoms with Gasteiger partial charge in [0.05, 0.1) is 19.1 Å². The minimum Gasteiger partial charge on any atom is -0.380 e. The number of anilines is 1. The molecule has 0 saturated carbocycles. The van der Waals surface area contributed by atoms with Crippen LogP contribution in [-0.2, 0) is 22.6 Å². The molecule has 0 spiro atoms. The van der Waals surface area contributed by atoms with Crippen LogP contribution in [0.2, 0.25) is 0 Å². The van der Waals surface area contributed by atoms with Crippen molar-refractivity contribution < 1.29 is 9.53 Å². The van der Waals surface area contributed by atoms with E-state index in [0.29, 0.717) is 18.8 Å². The second kappa shape index (κ2) is 9.10. The molecule has 0 aliphatic carbocycles. The second-order valence-corrected chi connectivity index (χ2v) is 6.43. The van der Waals surface area contributed by atoms with Crippen LogP contribution in [0.3, 0.4) is 0 Å². The van der Waals surface area contributed by atoms with Gasteiger partial charge in [-0.1, -0.05) is 66.7 Å². The van der Waals surface area contributed by atoms with Crippen molar-refractivity contribution in [2.45, 2.75) is 26.0 Å². The van der Waals surface area contributed by atoms with Gasteiger partial charge in [0.15, 0.2) is 0 Å². The van der Waals surface area contributed by atoms with E-state index >= 15 is 0 Å². The summed E-state index contributed by atoms with van der Waals surface area (Å²) in [5.74, 6) is 0.658. The van der Waals surface area contributed by atoms with Crippen LogP contribution in [0.15, 0.2) is 79.0 Å². The molecular formula is C23H24N2O2. The highest BCUT2D eigenvalue weighted by molar-refractivity contribution is 5.95. The Hall–Kier alpha value is -2.98. The number of pyridine rings is 1. The van der Waals surface area contributed by atoms with Gasteiger partial charge in [0, 0.05) is 18.9 Å². The molecule has 0 aliphatic heterocycles. The van der Waals surface area contributed by atoms with Crippen LogP contribution in [0.5, 0.6) is 0 Å². The smallest absolute Gasteiger partial charge is 0.233 e. The minimum atomic E-state index is -0.145. The van der Waals surface area contributed by atoms with E-state index in [-0.39, 0.29) is 11.9 Å². The van der Waals surface area contributed by atoms with Crippen molar-refractivity contribution in [3.63, 3.8) is 0 Å². The monoisotopic (exact) mass is 360 g/mol. The zero-order valence-electron chi connectivity index (χ0n) is 15.7. The van der Waals surface area contributed by atoms with Gasteiger partial charge in [-0.15, -0.1) is 0 Å². The summed E-state index contributed by atoms with van der Waals surface area (Å²) in [6.45, 7) is 2.43. The topological polar surface area (TPSA) is 42.4 Å². The number of aromatic nitrogens is 1. The van der Waals surface area contributed by atoms with Crippen molar-refractivity contribution in [3.05, 3.63) is 95.7 Å². The Kier molecular flexibility index (Phi) is 6.34. The molecule has 1 unspecified atom stereocenters. The van der Waals surface area contributed by atoms with Crippen LogP contribution in [0.4, 0.5) is 5.82 Å². The molecular weight excluding hydrogens is 336 g/mol. The van der Waals surface area contributed by atoms with Crippen molar-refractivity contribution in [2.24, 2.45) is 0 Å². The number of carbonyl (C=O) groups excluding carboxylic acids is 1. The van der Waals surface area contributed by atoms with Crippen molar-refractivity contribution in [1.82, 2.24) is 4.98 Å². The molecule has 0 bridgehead atoms. The molecule has 2 aromatic carbocycles. The molecule has 0 radical (unpaired) electrons. The zero-order chi connectivity index (χ0) is 19.1. The number of rotatable bonds is 7. The lowest BCUT2D eigenvalue weighted by Gasteiger charge is -2.30. The molecule has 3 aromatic rings. The standard InChI is InChI=1S/C23H24N2O2/c1-18(20-12-7-4-8-13-20)25(22(26)16-19-10-5-3-6-11-19)23-21(17-27-2)14-9-15-24-23/h3-15,18H,16-17H2,1-2H3. The first kappa shape index (κ1) is 18.8. The maximum atomic E-state index is 13.3. The number of carbonyl (C=O) groups is 1. The number of hydrogen-bond acceptors (Lipinski definition) is 3. The SMILES string of the molecule is COCc1cccnc1N(C(=O)Cc1ccccc1)C(C)c1ccccc1. The summed E-state index contributed by atoms with van der Waals surface area (Å²) in [6, 6.07) is 23.5. The Morgan fingerprint density at radius 3 is 2.33 bits per heavy atom. The van der Waals surface area contributed by atoms with E-state index in [1.165, 1.54) is 0 Å². The minimum absolute atomic E-state index is 0.00797. The van der Waals surface area contributed by atoms with Gasteiger partial charge >= 0.3 is 0 Å². The van der Waals surface area contributed by atoms with Crippen molar-refractivity contribution >= 4 is 11.7 Å². The Balaban J connectivity index is 2.00. The molecule has 27 heavy (non-hydrogen) atoms. The molecule has 3 rings (SSSR count). The summed E-state index contributed by atoms with van der Waals surface area (Å²) in [6.07, 6.45) is 2.04. The molecule has 1 heterocycles. The molecule has 1 atom stereocenters. The lowest BCUT2D eigenvalue weighted by molar-refractivity contribution is -0.118. The first-order valence-electron chi connectivity index (χ1n) is 9.04. The third-order valence-electron chi connectivity index (χ3n) is 4.53. The number of nitrogens with zero attached hydrogens (tertiary/aromatic N) is 2. The molecule has 1 aromatic heterocycles. The highest BCUT2D eigenvalue weighted by Gasteiger charge is 2.26. The van der Waals surface area contributed by atoms with Crippen LogP contribution >= 0.6 is 0 Å². The molecule has 0 saturated heterocycles. The third kappa shape index (κ3) is 4.60. The number of hydrogen-bond donors (Lipinski definition) is 0. The van der Waals surface area contributed by atoms with Crippen LogP contribution in [-0.4, -0.2) is 18.0 Å². The van der Waals surface area contributed by atoms with E-state index in [4.69, 9.17) is 4.74 Å². The number of benzene rings is 2. The Labute approximate surface area is 160 Å². The molecule has 4 heteroatoms. The van der Waals surface area contributed by atoms with Crippen LogP contribution in [0.25, 0.3) is 0 Å². The lowest BCUT2D eigenvalue weighted by atomic mass is 10.0. The normalized spacial score (nSPS) is 11.8. The summed E-state index contributed by atoms with van der Waals surface area (Å²) in [7, 11) is 1.65. The van der Waals surface area contributed by atoms with Gasteiger partial charge in [-0.05, 0) is 24.1 Å². The molecule has 1 amide bonds. The first-order valence-corrected chi connectivity index (χ1v) is 9.04. The lowest BCUT2D eigenvalue weighted by Crippen LogP contribution is -2.36. The van der Waals surface area contributed by atoms with Gasteiger partial charge in [-0.3, -0.25) is 9.69 Å². The fraction of sp³-hybridized carbons (Fsp3) is 0.217. The predicted octanol–water partition coefficient (Wildman–Crippen LogP) is 4.56. The van der Waals surface area contributed by atoms with Gasteiger partial charge in [0.1, 0.15) is 5.82 Å². The van der Waals surface area contributed by atoms with Gasteiger partial charge in [0.2, 0.25) is 5.91 Å². The Morgan fingerprint density at radius 1 is 1.00 bits per heavy atom. The average Bonchev–Trinajstić information content (AvgIpc) is 2.71. The summed E-state index contributed by atoms with van der Waals surface area (Å²) >= 11 is 0. The van der Waals surface area contributed by atoms with Crippen LogP contribution in [0, 0.1) is 0 Å². The first-order chi connectivity index (χ1) is 13.2. The van der Waals surface area contributed by atoms with Crippen LogP contribution in [0.1, 0.15) is 29.7 Å². The number of amides is 1. The van der Waals surface area contributed by atoms with Gasteiger partial charge in [-0.2, -0.15) is 0 Å². The van der Waals surface area contributed by atoms with E-state index in [9.17, 15) is 4.79 Å². The molecule has 0 fully saturated rings. The fourth-order valence-corrected chi connectivity index (χ4v) is 3.17. The summed E-state index contributed by atoms with van der Waals surface area (Å²) in [4.78, 5) is 19.6. The van der Waals surface area contributed by atoms with Gasteiger partial charge in [0.25, 0.3) is 0 Å². The third-order valence-corrected chi connectivity index (χ3v) is 4.53. The fourth-order valence-electron chi connectivity index (χ4n) is 3.17. The average molecular weight is 360 g/mol. The maximum Gasteiger partial charge on any atom is 0.233 e. The van der Waals surface area contributed by atoms with E-state index in [1.807, 2.05) is 79.7 Å². The van der Waals surface area contributed by atoms with Crippen LogP contribution < -0.4 is 4.90 Å². The molecule has 4 nitrogen and oxygen atoms in total. The van der Waals surface area contributed by atoms with Crippen molar-refractivity contribution in [2.75, 3.05) is 12.0 Å². The summed E-state index contributed by atoms with van der Waals surface area (Å²) in [5.41, 5.74) is 2.94. The van der Waals surface area contributed by atoms with E-state index < -0.39 is 0 Å². The Bertz CT molecular complexity index is 866. The molecule has 0 N–H and O–H groups in total. The second-order valence-electron chi connectivity index (χ2n) is 6.43. The van der Waals surface area contributed by atoms with Crippen molar-refractivity contribution in [3.8, 4) is 0 Å². The largest absolute Gasteiger partial charge is 0.380 e. The zero-order valence-corrected chi connectivity index (χ0v) is 15.7. The highest BCUT2D eigenvalue weighted by Crippen LogP contribution is 2.29. The maximum absolute atomic E-state index is 13.3. The van der Waals surface area contributed by atoms with E-state index in [0.717, 1.165) is 16.7 Å². The van der Waals surface area contributed by atoms with E-state index in [1.54, 1.807) is 18.2 Å². The Morgan fingerprint density at radius 2 is 1.67 bits per heavy atom.